The summed E-state index contributed by atoms with van der Waals surface area (Å²) < 4.78 is 23.8. The second-order valence-electron chi connectivity index (χ2n) is 6.42. The normalized spacial score (nSPS) is 23.2. The van der Waals surface area contributed by atoms with E-state index < -0.39 is 9.84 Å². The van der Waals surface area contributed by atoms with Crippen LogP contribution in [-0.2, 0) is 19.4 Å². The number of amides is 2. The molecule has 0 unspecified atom stereocenters. The molecule has 9 heteroatoms. The summed E-state index contributed by atoms with van der Waals surface area (Å²) in [5, 5.41) is 0. The van der Waals surface area contributed by atoms with Crippen LogP contribution in [0.1, 0.15) is 18.9 Å². The highest BCUT2D eigenvalue weighted by Crippen LogP contribution is 2.32. The number of carbonyl (C=O) groups excluding carboxylic acids is 2. The van der Waals surface area contributed by atoms with Crippen LogP contribution >= 0.6 is 24.0 Å². The van der Waals surface area contributed by atoms with Crippen LogP contribution in [0.25, 0.3) is 6.08 Å². The van der Waals surface area contributed by atoms with Crippen LogP contribution in [0.15, 0.2) is 35.2 Å². The van der Waals surface area contributed by atoms with Gasteiger partial charge in [0.15, 0.2) is 9.84 Å². The Hall–Kier alpha value is -1.71. The number of likely N-dealkylation sites (N-methyl/N-ethyl adjacent to an activating group) is 1. The molecular formula is C18H20N2O4S3. The van der Waals surface area contributed by atoms with Crippen LogP contribution in [0.5, 0.6) is 0 Å². The molecule has 0 bridgehead atoms. The zero-order chi connectivity index (χ0) is 19.6. The van der Waals surface area contributed by atoms with Crippen molar-refractivity contribution < 1.29 is 18.0 Å². The maximum Gasteiger partial charge on any atom is 0.266 e. The van der Waals surface area contributed by atoms with Gasteiger partial charge in [-0.05, 0) is 25.0 Å². The van der Waals surface area contributed by atoms with Gasteiger partial charge >= 0.3 is 0 Å². The molecular weight excluding hydrogens is 404 g/mol. The van der Waals surface area contributed by atoms with E-state index in [0.29, 0.717) is 22.2 Å². The lowest BCUT2D eigenvalue weighted by Crippen LogP contribution is -2.47. The van der Waals surface area contributed by atoms with Crippen molar-refractivity contribution in [2.45, 2.75) is 19.4 Å². The molecule has 2 amide bonds. The van der Waals surface area contributed by atoms with Gasteiger partial charge in [0.05, 0.1) is 16.4 Å². The second kappa shape index (κ2) is 8.12. The second-order valence-corrected chi connectivity index (χ2v) is 10.3. The van der Waals surface area contributed by atoms with Crippen molar-refractivity contribution in [2.75, 3.05) is 24.6 Å². The first kappa shape index (κ1) is 20.0. The standard InChI is InChI=1S/C18H20N2O4S3/c1-2-19(14-8-9-27(23,24)12-14)16(21)11-20-17(22)15(26-18(20)25)10-13-6-4-3-5-7-13/h3-7,10,14H,2,8-9,11-12H2,1H3/b15-10-/t14-/m1/s1. The van der Waals surface area contributed by atoms with Gasteiger partial charge in [-0.1, -0.05) is 54.3 Å². The minimum absolute atomic E-state index is 0.0150. The quantitative estimate of drug-likeness (QED) is 0.531. The molecule has 2 fully saturated rings. The minimum atomic E-state index is -3.09. The maximum absolute atomic E-state index is 12.7. The highest BCUT2D eigenvalue weighted by molar-refractivity contribution is 8.26. The fourth-order valence-electron chi connectivity index (χ4n) is 3.22. The van der Waals surface area contributed by atoms with Gasteiger partial charge in [-0.3, -0.25) is 14.5 Å². The predicted molar refractivity (Wildman–Crippen MR) is 111 cm³/mol. The summed E-state index contributed by atoms with van der Waals surface area (Å²) in [7, 11) is -3.09. The number of rotatable bonds is 5. The molecule has 1 aromatic rings. The molecule has 6 nitrogen and oxygen atoms in total. The summed E-state index contributed by atoms with van der Waals surface area (Å²) in [5.41, 5.74) is 0.885. The summed E-state index contributed by atoms with van der Waals surface area (Å²) >= 11 is 6.46. The molecule has 2 aliphatic rings. The zero-order valence-corrected chi connectivity index (χ0v) is 17.3. The molecule has 2 heterocycles. The molecule has 144 valence electrons. The number of hydrogen-bond acceptors (Lipinski definition) is 6. The number of carbonyl (C=O) groups is 2. The van der Waals surface area contributed by atoms with E-state index in [0.717, 1.165) is 5.56 Å². The summed E-state index contributed by atoms with van der Waals surface area (Å²) in [6.07, 6.45) is 2.19. The van der Waals surface area contributed by atoms with Gasteiger partial charge < -0.3 is 4.90 Å². The molecule has 2 aliphatic heterocycles. The molecule has 0 saturated carbocycles. The van der Waals surface area contributed by atoms with Crippen molar-refractivity contribution in [2.24, 2.45) is 0 Å². The smallest absolute Gasteiger partial charge is 0.266 e. The van der Waals surface area contributed by atoms with Crippen molar-refractivity contribution in [3.63, 3.8) is 0 Å². The SMILES string of the molecule is CCN(C(=O)CN1C(=O)/C(=C/c2ccccc2)SC1=S)[C@@H]1CCS(=O)(=O)C1. The molecule has 0 N–H and O–H groups in total. The lowest BCUT2D eigenvalue weighted by Gasteiger charge is -2.28. The maximum atomic E-state index is 12.7. The van der Waals surface area contributed by atoms with Gasteiger partial charge in [-0.15, -0.1) is 0 Å². The van der Waals surface area contributed by atoms with Crippen LogP contribution < -0.4 is 0 Å². The van der Waals surface area contributed by atoms with Crippen molar-refractivity contribution in [3.8, 4) is 0 Å². The van der Waals surface area contributed by atoms with Gasteiger partial charge in [-0.2, -0.15) is 0 Å². The van der Waals surface area contributed by atoms with Gasteiger partial charge in [0.2, 0.25) is 5.91 Å². The van der Waals surface area contributed by atoms with E-state index in [4.69, 9.17) is 12.2 Å². The van der Waals surface area contributed by atoms with Gasteiger partial charge in [0.25, 0.3) is 5.91 Å². The fourth-order valence-corrected chi connectivity index (χ4v) is 6.21. The zero-order valence-electron chi connectivity index (χ0n) is 14.8. The van der Waals surface area contributed by atoms with Crippen LogP contribution in [0.3, 0.4) is 0 Å². The first-order valence-electron chi connectivity index (χ1n) is 8.61. The number of benzene rings is 1. The molecule has 1 aromatic carbocycles. The highest BCUT2D eigenvalue weighted by atomic mass is 32.2. The Morgan fingerprint density at radius 2 is 2.07 bits per heavy atom. The van der Waals surface area contributed by atoms with Crippen molar-refractivity contribution in [1.82, 2.24) is 9.80 Å². The third-order valence-electron chi connectivity index (χ3n) is 4.57. The van der Waals surface area contributed by atoms with Crippen molar-refractivity contribution in [1.29, 1.82) is 0 Å². The van der Waals surface area contributed by atoms with E-state index in [9.17, 15) is 18.0 Å². The van der Waals surface area contributed by atoms with E-state index in [-0.39, 0.29) is 35.9 Å². The molecule has 1 atom stereocenters. The lowest BCUT2D eigenvalue weighted by molar-refractivity contribution is -0.136. The highest BCUT2D eigenvalue weighted by Gasteiger charge is 2.38. The number of sulfone groups is 1. The minimum Gasteiger partial charge on any atom is -0.337 e. The first-order chi connectivity index (χ1) is 12.8. The average molecular weight is 425 g/mol. The van der Waals surface area contributed by atoms with Gasteiger partial charge in [0.1, 0.15) is 10.9 Å². The predicted octanol–water partition coefficient (Wildman–Crippen LogP) is 1.92. The Morgan fingerprint density at radius 1 is 1.37 bits per heavy atom. The van der Waals surface area contributed by atoms with Crippen molar-refractivity contribution >= 4 is 56.0 Å². The largest absolute Gasteiger partial charge is 0.337 e. The first-order valence-corrected chi connectivity index (χ1v) is 11.7. The van der Waals surface area contributed by atoms with E-state index >= 15 is 0 Å². The number of thiocarbonyl (C=S) groups is 1. The van der Waals surface area contributed by atoms with E-state index in [1.165, 1.54) is 16.7 Å². The van der Waals surface area contributed by atoms with E-state index in [2.05, 4.69) is 0 Å². The Bertz CT molecular complexity index is 896. The van der Waals surface area contributed by atoms with Crippen LogP contribution in [0.4, 0.5) is 0 Å². The molecule has 2 saturated heterocycles. The number of thioether (sulfide) groups is 1. The van der Waals surface area contributed by atoms with E-state index in [1.807, 2.05) is 37.3 Å². The fraction of sp³-hybridized carbons (Fsp3) is 0.389. The molecule has 0 spiro atoms. The lowest BCUT2D eigenvalue weighted by atomic mass is 10.2. The van der Waals surface area contributed by atoms with Crippen LogP contribution in [-0.4, -0.2) is 65.0 Å². The van der Waals surface area contributed by atoms with Crippen molar-refractivity contribution in [3.05, 3.63) is 40.8 Å². The molecule has 0 aromatic heterocycles. The van der Waals surface area contributed by atoms with Crippen LogP contribution in [0.2, 0.25) is 0 Å². The Balaban J connectivity index is 1.71. The third-order valence-corrected chi connectivity index (χ3v) is 7.70. The van der Waals surface area contributed by atoms with Gasteiger partial charge in [0, 0.05) is 12.6 Å². The van der Waals surface area contributed by atoms with E-state index in [1.54, 1.807) is 11.0 Å². The van der Waals surface area contributed by atoms with Gasteiger partial charge in [-0.25, -0.2) is 8.42 Å². The molecule has 27 heavy (non-hydrogen) atoms. The number of hydrogen-bond donors (Lipinski definition) is 0. The summed E-state index contributed by atoms with van der Waals surface area (Å²) in [5.74, 6) is -0.490. The number of nitrogens with zero attached hydrogens (tertiary/aromatic N) is 2. The Kier molecular flexibility index (Phi) is 6.02. The average Bonchev–Trinajstić information content (AvgIpc) is 3.10. The summed E-state index contributed by atoms with van der Waals surface area (Å²) in [4.78, 5) is 28.7. The van der Waals surface area contributed by atoms with Crippen LogP contribution in [0, 0.1) is 0 Å². The Labute approximate surface area is 168 Å². The molecule has 3 rings (SSSR count). The summed E-state index contributed by atoms with van der Waals surface area (Å²) in [6.45, 7) is 2.04. The molecule has 0 aliphatic carbocycles. The summed E-state index contributed by atoms with van der Waals surface area (Å²) in [6, 6.07) is 9.10. The Morgan fingerprint density at radius 3 is 2.67 bits per heavy atom. The monoisotopic (exact) mass is 424 g/mol. The topological polar surface area (TPSA) is 74.8 Å². The molecule has 0 radical (unpaired) electrons. The third kappa shape index (κ3) is 4.59.